The number of unbranched alkanes of at least 4 members (excludes halogenated alkanes) is 1. The van der Waals surface area contributed by atoms with Gasteiger partial charge in [0.1, 0.15) is 0 Å². The lowest BCUT2D eigenvalue weighted by Gasteiger charge is -2.16. The van der Waals surface area contributed by atoms with Crippen molar-refractivity contribution in [3.8, 4) is 0 Å². The number of hydrazine groups is 1. The van der Waals surface area contributed by atoms with Crippen LogP contribution in [0.15, 0.2) is 30.9 Å². The van der Waals surface area contributed by atoms with Gasteiger partial charge in [-0.25, -0.2) is 0 Å². The number of hydrogen-bond donors (Lipinski definition) is 2. The Balaban J connectivity index is 2.70. The third-order valence-electron chi connectivity index (χ3n) is 2.69. The second-order valence-electron chi connectivity index (χ2n) is 3.95. The fourth-order valence-corrected chi connectivity index (χ4v) is 1.81. The molecule has 3 N–H and O–H groups in total. The number of rotatable bonds is 6. The summed E-state index contributed by atoms with van der Waals surface area (Å²) in [6.07, 6.45) is 5.04. The van der Waals surface area contributed by atoms with Gasteiger partial charge in [0.05, 0.1) is 0 Å². The first-order valence-electron chi connectivity index (χ1n) is 5.52. The number of halogens is 1. The normalized spacial score (nSPS) is 12.4. The maximum Gasteiger partial charge on any atom is 0.0460 e. The third-order valence-corrected chi connectivity index (χ3v) is 3.11. The highest BCUT2D eigenvalue weighted by atomic mass is 35.5. The Morgan fingerprint density at radius 1 is 1.56 bits per heavy atom. The maximum absolute atomic E-state index is 5.99. The van der Waals surface area contributed by atoms with E-state index in [0.29, 0.717) is 0 Å². The summed E-state index contributed by atoms with van der Waals surface area (Å²) in [5.41, 5.74) is 5.12. The van der Waals surface area contributed by atoms with Crippen molar-refractivity contribution in [2.45, 2.75) is 32.2 Å². The molecule has 0 saturated carbocycles. The Morgan fingerprint density at radius 3 is 2.88 bits per heavy atom. The highest BCUT2D eigenvalue weighted by molar-refractivity contribution is 6.31. The zero-order valence-electron chi connectivity index (χ0n) is 9.67. The highest BCUT2D eigenvalue weighted by Gasteiger charge is 2.09. The van der Waals surface area contributed by atoms with E-state index >= 15 is 0 Å². The van der Waals surface area contributed by atoms with E-state index in [1.807, 2.05) is 25.1 Å². The number of allylic oxidation sites excluding steroid dienone is 1. The molecule has 0 aliphatic heterocycles. The van der Waals surface area contributed by atoms with Gasteiger partial charge in [0.15, 0.2) is 0 Å². The minimum Gasteiger partial charge on any atom is -0.271 e. The molecule has 1 aromatic carbocycles. The molecule has 2 nitrogen and oxygen atoms in total. The van der Waals surface area contributed by atoms with Crippen molar-refractivity contribution in [1.82, 2.24) is 5.43 Å². The Kier molecular flexibility index (Phi) is 5.53. The van der Waals surface area contributed by atoms with Gasteiger partial charge in [0, 0.05) is 11.1 Å². The van der Waals surface area contributed by atoms with Crippen molar-refractivity contribution in [3.05, 3.63) is 47.0 Å². The van der Waals surface area contributed by atoms with Crippen LogP contribution in [0.2, 0.25) is 5.02 Å². The van der Waals surface area contributed by atoms with Gasteiger partial charge in [-0.05, 0) is 43.4 Å². The van der Waals surface area contributed by atoms with E-state index in [1.54, 1.807) is 0 Å². The average molecular weight is 239 g/mol. The maximum atomic E-state index is 5.99. The van der Waals surface area contributed by atoms with E-state index in [2.05, 4.69) is 18.1 Å². The minimum absolute atomic E-state index is 0.191. The van der Waals surface area contributed by atoms with Gasteiger partial charge in [-0.2, -0.15) is 0 Å². The van der Waals surface area contributed by atoms with Crippen LogP contribution in [-0.4, -0.2) is 0 Å². The second-order valence-corrected chi connectivity index (χ2v) is 4.35. The first-order chi connectivity index (χ1) is 7.69. The van der Waals surface area contributed by atoms with E-state index in [0.717, 1.165) is 29.8 Å². The molecule has 1 aromatic rings. The van der Waals surface area contributed by atoms with Crippen LogP contribution in [-0.2, 0) is 0 Å². The zero-order chi connectivity index (χ0) is 12.0. The Morgan fingerprint density at radius 2 is 2.31 bits per heavy atom. The second kappa shape index (κ2) is 6.69. The largest absolute Gasteiger partial charge is 0.271 e. The highest BCUT2D eigenvalue weighted by Crippen LogP contribution is 2.23. The van der Waals surface area contributed by atoms with Crippen molar-refractivity contribution in [3.63, 3.8) is 0 Å². The summed E-state index contributed by atoms with van der Waals surface area (Å²) in [5.74, 6) is 5.57. The first-order valence-corrected chi connectivity index (χ1v) is 5.90. The van der Waals surface area contributed by atoms with E-state index < -0.39 is 0 Å². The summed E-state index contributed by atoms with van der Waals surface area (Å²) in [6, 6.07) is 6.22. The van der Waals surface area contributed by atoms with Crippen molar-refractivity contribution < 1.29 is 0 Å². The molecule has 0 amide bonds. The standard InChI is InChI=1S/C13H19ClN2/c1-3-4-5-6-13(16-15)11-7-8-12(14)10(2)9-11/h3,7-9,13,16H,1,4-6,15H2,2H3. The van der Waals surface area contributed by atoms with Gasteiger partial charge >= 0.3 is 0 Å². The van der Waals surface area contributed by atoms with Crippen molar-refractivity contribution >= 4 is 11.6 Å². The Hall–Kier alpha value is -0.830. The fraction of sp³-hybridized carbons (Fsp3) is 0.385. The van der Waals surface area contributed by atoms with Crippen molar-refractivity contribution in [2.24, 2.45) is 5.84 Å². The number of aryl methyl sites for hydroxylation is 1. The van der Waals surface area contributed by atoms with E-state index in [9.17, 15) is 0 Å². The lowest BCUT2D eigenvalue weighted by molar-refractivity contribution is 0.501. The number of benzene rings is 1. The molecule has 0 bridgehead atoms. The van der Waals surface area contributed by atoms with E-state index in [-0.39, 0.29) is 6.04 Å². The summed E-state index contributed by atoms with van der Waals surface area (Å²) in [5, 5.41) is 0.797. The third kappa shape index (κ3) is 3.63. The average Bonchev–Trinajstić information content (AvgIpc) is 2.29. The lowest BCUT2D eigenvalue weighted by atomic mass is 10.00. The molecule has 1 unspecified atom stereocenters. The summed E-state index contributed by atoms with van der Waals surface area (Å²) < 4.78 is 0. The van der Waals surface area contributed by atoms with Crippen LogP contribution >= 0.6 is 11.6 Å². The van der Waals surface area contributed by atoms with Gasteiger partial charge in [0.2, 0.25) is 0 Å². The van der Waals surface area contributed by atoms with Gasteiger partial charge in [-0.15, -0.1) is 6.58 Å². The molecular weight excluding hydrogens is 220 g/mol. The van der Waals surface area contributed by atoms with Crippen LogP contribution in [0.5, 0.6) is 0 Å². The lowest BCUT2D eigenvalue weighted by Crippen LogP contribution is -2.28. The fourth-order valence-electron chi connectivity index (χ4n) is 1.70. The molecule has 1 rings (SSSR count). The molecule has 0 aliphatic rings. The van der Waals surface area contributed by atoms with Gasteiger partial charge in [0.25, 0.3) is 0 Å². The molecule has 88 valence electrons. The number of nitrogens with two attached hydrogens (primary N) is 1. The van der Waals surface area contributed by atoms with Crippen LogP contribution in [0.3, 0.4) is 0 Å². The number of hydrogen-bond acceptors (Lipinski definition) is 2. The molecule has 16 heavy (non-hydrogen) atoms. The Labute approximate surface area is 102 Å². The summed E-state index contributed by atoms with van der Waals surface area (Å²) in [6.45, 7) is 5.72. The van der Waals surface area contributed by atoms with E-state index in [4.69, 9.17) is 17.4 Å². The minimum atomic E-state index is 0.191. The quantitative estimate of drug-likeness (QED) is 0.345. The molecule has 0 heterocycles. The zero-order valence-corrected chi connectivity index (χ0v) is 10.4. The van der Waals surface area contributed by atoms with Crippen LogP contribution in [0, 0.1) is 6.92 Å². The van der Waals surface area contributed by atoms with Crippen molar-refractivity contribution in [1.29, 1.82) is 0 Å². The summed E-state index contributed by atoms with van der Waals surface area (Å²) >= 11 is 5.99. The first kappa shape index (κ1) is 13.2. The molecule has 0 aromatic heterocycles. The number of nitrogens with one attached hydrogen (secondary N) is 1. The summed E-state index contributed by atoms with van der Waals surface area (Å²) in [7, 11) is 0. The van der Waals surface area contributed by atoms with Gasteiger partial charge in [-0.3, -0.25) is 11.3 Å². The summed E-state index contributed by atoms with van der Waals surface area (Å²) in [4.78, 5) is 0. The predicted octanol–water partition coefficient (Wildman–Crippen LogP) is 3.51. The molecule has 0 radical (unpaired) electrons. The SMILES string of the molecule is C=CCCCC(NN)c1ccc(Cl)c(C)c1. The predicted molar refractivity (Wildman–Crippen MR) is 70.3 cm³/mol. The van der Waals surface area contributed by atoms with Crippen LogP contribution in [0.4, 0.5) is 0 Å². The van der Waals surface area contributed by atoms with Gasteiger partial charge in [-0.1, -0.05) is 29.8 Å². The molecule has 0 spiro atoms. The smallest absolute Gasteiger partial charge is 0.0460 e. The molecular formula is C13H19ClN2. The van der Waals surface area contributed by atoms with Gasteiger partial charge < -0.3 is 0 Å². The van der Waals surface area contributed by atoms with Crippen LogP contribution in [0.1, 0.15) is 36.4 Å². The monoisotopic (exact) mass is 238 g/mol. The topological polar surface area (TPSA) is 38.0 Å². The Bertz CT molecular complexity index is 350. The molecule has 0 fully saturated rings. The van der Waals surface area contributed by atoms with Crippen LogP contribution in [0.25, 0.3) is 0 Å². The molecule has 1 atom stereocenters. The molecule has 0 aliphatic carbocycles. The molecule has 3 heteroatoms. The molecule has 0 saturated heterocycles. The van der Waals surface area contributed by atoms with E-state index in [1.165, 1.54) is 5.56 Å². The van der Waals surface area contributed by atoms with Crippen molar-refractivity contribution in [2.75, 3.05) is 0 Å². The van der Waals surface area contributed by atoms with Crippen LogP contribution < -0.4 is 11.3 Å².